The van der Waals surface area contributed by atoms with Gasteiger partial charge in [0.05, 0.1) is 23.9 Å². The van der Waals surface area contributed by atoms with Crippen molar-refractivity contribution >= 4 is 11.4 Å². The number of pyridine rings is 1. The third-order valence-electron chi connectivity index (χ3n) is 5.42. The van der Waals surface area contributed by atoms with Crippen LogP contribution in [0, 0.1) is 24.7 Å². The molecular formula is C18H24N4O2. The van der Waals surface area contributed by atoms with E-state index >= 15 is 0 Å². The molecule has 3 heterocycles. The zero-order valence-electron chi connectivity index (χ0n) is 14.6. The number of aryl methyl sites for hydroxylation is 1. The second-order valence-corrected chi connectivity index (χ2v) is 7.47. The van der Waals surface area contributed by atoms with Crippen molar-refractivity contribution in [1.29, 1.82) is 0 Å². The van der Waals surface area contributed by atoms with Gasteiger partial charge in [-0.05, 0) is 51.8 Å². The summed E-state index contributed by atoms with van der Waals surface area (Å²) >= 11 is 0. The van der Waals surface area contributed by atoms with Crippen LogP contribution < -0.4 is 15.4 Å². The van der Waals surface area contributed by atoms with Crippen molar-refractivity contribution in [1.82, 2.24) is 20.0 Å². The number of amides is 1. The van der Waals surface area contributed by atoms with E-state index in [0.29, 0.717) is 11.8 Å². The van der Waals surface area contributed by atoms with Crippen molar-refractivity contribution in [2.75, 3.05) is 20.2 Å². The van der Waals surface area contributed by atoms with Gasteiger partial charge in [0.1, 0.15) is 11.6 Å². The molecule has 24 heavy (non-hydrogen) atoms. The molecule has 2 fully saturated rings. The summed E-state index contributed by atoms with van der Waals surface area (Å²) in [5.41, 5.74) is 1.39. The van der Waals surface area contributed by atoms with E-state index in [1.165, 1.54) is 0 Å². The molecule has 128 valence electrons. The summed E-state index contributed by atoms with van der Waals surface area (Å²) in [4.78, 5) is 17.4. The van der Waals surface area contributed by atoms with Gasteiger partial charge in [-0.3, -0.25) is 4.79 Å². The van der Waals surface area contributed by atoms with Crippen LogP contribution in [0.25, 0.3) is 5.52 Å². The molecule has 6 nitrogen and oxygen atoms in total. The van der Waals surface area contributed by atoms with E-state index in [1.807, 2.05) is 43.5 Å². The summed E-state index contributed by atoms with van der Waals surface area (Å²) in [6.45, 7) is 7.94. The number of nitrogens with one attached hydrogen (secondary N) is 2. The van der Waals surface area contributed by atoms with Gasteiger partial charge in [-0.15, -0.1) is 0 Å². The molecular weight excluding hydrogens is 304 g/mol. The van der Waals surface area contributed by atoms with Crippen LogP contribution in [0.2, 0.25) is 0 Å². The van der Waals surface area contributed by atoms with Gasteiger partial charge >= 0.3 is 0 Å². The van der Waals surface area contributed by atoms with E-state index in [9.17, 15) is 4.79 Å². The van der Waals surface area contributed by atoms with Gasteiger partial charge in [0, 0.05) is 18.2 Å². The van der Waals surface area contributed by atoms with Crippen molar-refractivity contribution in [2.45, 2.75) is 26.3 Å². The number of ether oxygens (including phenoxy) is 1. The molecule has 2 N–H and O–H groups in total. The number of aromatic nitrogens is 2. The second kappa shape index (κ2) is 5.21. The molecule has 2 aromatic rings. The number of hydrogen-bond acceptors (Lipinski definition) is 4. The van der Waals surface area contributed by atoms with E-state index in [2.05, 4.69) is 10.6 Å². The zero-order valence-corrected chi connectivity index (χ0v) is 14.6. The maximum atomic E-state index is 12.7. The maximum Gasteiger partial charge on any atom is 0.224 e. The van der Waals surface area contributed by atoms with Gasteiger partial charge in [0.25, 0.3) is 0 Å². The van der Waals surface area contributed by atoms with Crippen molar-refractivity contribution in [3.05, 3.63) is 29.8 Å². The standard InChI is InChI=1S/C18H24N4O2/c1-10-14-7-11(24-4)5-6-22(14)17(20-10)18(2,3)21-16(23)15-12-8-19-9-13(12)15/h5-7,12-13,15,19H,8-9H2,1-4H3,(H,21,23)/t12-,13+,15+. The summed E-state index contributed by atoms with van der Waals surface area (Å²) in [5.74, 6) is 3.00. The van der Waals surface area contributed by atoms with E-state index in [0.717, 1.165) is 35.9 Å². The molecule has 2 aliphatic rings. The van der Waals surface area contributed by atoms with Gasteiger partial charge in [-0.25, -0.2) is 4.98 Å². The molecule has 0 radical (unpaired) electrons. The average Bonchev–Trinajstić information content (AvgIpc) is 2.88. The molecule has 1 saturated heterocycles. The summed E-state index contributed by atoms with van der Waals surface area (Å²) in [6.07, 6.45) is 1.95. The first kappa shape index (κ1) is 15.4. The molecule has 0 aromatic carbocycles. The third kappa shape index (κ3) is 2.28. The fraction of sp³-hybridized carbons (Fsp3) is 0.556. The Morgan fingerprint density at radius 3 is 2.79 bits per heavy atom. The fourth-order valence-corrected chi connectivity index (χ4v) is 4.04. The Balaban J connectivity index is 1.62. The van der Waals surface area contributed by atoms with Gasteiger partial charge < -0.3 is 19.8 Å². The Labute approximate surface area is 141 Å². The number of methoxy groups -OCH3 is 1. The number of piperidine rings is 1. The molecule has 0 spiro atoms. The SMILES string of the molecule is COc1ccn2c(C(C)(C)NC(=O)[C@H]3[C@@H]4CNC[C@@H]43)nc(C)c2c1. The molecule has 1 aliphatic heterocycles. The molecule has 3 atom stereocenters. The third-order valence-corrected chi connectivity index (χ3v) is 5.42. The monoisotopic (exact) mass is 328 g/mol. The van der Waals surface area contributed by atoms with Crippen LogP contribution in [0.5, 0.6) is 5.75 Å². The number of fused-ring (bicyclic) bond motifs is 2. The first-order valence-electron chi connectivity index (χ1n) is 8.48. The Kier molecular flexibility index (Phi) is 3.35. The van der Waals surface area contributed by atoms with Crippen LogP contribution in [0.1, 0.15) is 25.4 Å². The summed E-state index contributed by atoms with van der Waals surface area (Å²) in [5, 5.41) is 6.55. The van der Waals surface area contributed by atoms with Gasteiger partial charge in [-0.2, -0.15) is 0 Å². The minimum Gasteiger partial charge on any atom is -0.497 e. The first-order valence-corrected chi connectivity index (χ1v) is 8.48. The number of imidazole rings is 1. The lowest BCUT2D eigenvalue weighted by Crippen LogP contribution is -2.44. The lowest BCUT2D eigenvalue weighted by Gasteiger charge is -2.25. The number of nitrogens with zero attached hydrogens (tertiary/aromatic N) is 2. The van der Waals surface area contributed by atoms with Gasteiger partial charge in [0.2, 0.25) is 5.91 Å². The normalized spacial score (nSPS) is 25.6. The molecule has 6 heteroatoms. The Hall–Kier alpha value is -2.08. The van der Waals surface area contributed by atoms with Crippen molar-refractivity contribution < 1.29 is 9.53 Å². The highest BCUT2D eigenvalue weighted by Gasteiger charge is 2.57. The molecule has 1 aliphatic carbocycles. The molecule has 2 aromatic heterocycles. The highest BCUT2D eigenvalue weighted by atomic mass is 16.5. The highest BCUT2D eigenvalue weighted by molar-refractivity contribution is 5.83. The average molecular weight is 328 g/mol. The number of rotatable bonds is 4. The molecule has 4 rings (SSSR count). The predicted molar refractivity (Wildman–Crippen MR) is 91.0 cm³/mol. The molecule has 0 bridgehead atoms. The minimum atomic E-state index is -0.535. The van der Waals surface area contributed by atoms with Crippen LogP contribution in [0.4, 0.5) is 0 Å². The minimum absolute atomic E-state index is 0.152. The second-order valence-electron chi connectivity index (χ2n) is 7.47. The first-order chi connectivity index (χ1) is 11.4. The lowest BCUT2D eigenvalue weighted by atomic mass is 10.0. The van der Waals surface area contributed by atoms with E-state index in [-0.39, 0.29) is 11.8 Å². The van der Waals surface area contributed by atoms with E-state index in [1.54, 1.807) is 7.11 Å². The van der Waals surface area contributed by atoms with Crippen LogP contribution >= 0.6 is 0 Å². The van der Waals surface area contributed by atoms with E-state index < -0.39 is 5.54 Å². The quantitative estimate of drug-likeness (QED) is 0.892. The van der Waals surface area contributed by atoms with Crippen molar-refractivity contribution in [2.24, 2.45) is 17.8 Å². The van der Waals surface area contributed by atoms with Crippen molar-refractivity contribution in [3.63, 3.8) is 0 Å². The molecule has 1 amide bonds. The van der Waals surface area contributed by atoms with Crippen LogP contribution in [-0.2, 0) is 10.3 Å². The number of hydrogen-bond donors (Lipinski definition) is 2. The summed E-state index contributed by atoms with van der Waals surface area (Å²) < 4.78 is 7.34. The van der Waals surface area contributed by atoms with Crippen LogP contribution in [0.15, 0.2) is 18.3 Å². The largest absolute Gasteiger partial charge is 0.497 e. The molecule has 1 saturated carbocycles. The van der Waals surface area contributed by atoms with E-state index in [4.69, 9.17) is 9.72 Å². The topological polar surface area (TPSA) is 67.7 Å². The van der Waals surface area contributed by atoms with Crippen LogP contribution in [0.3, 0.4) is 0 Å². The zero-order chi connectivity index (χ0) is 17.1. The van der Waals surface area contributed by atoms with Gasteiger partial charge in [-0.1, -0.05) is 0 Å². The van der Waals surface area contributed by atoms with Gasteiger partial charge in [0.15, 0.2) is 0 Å². The Morgan fingerprint density at radius 2 is 2.12 bits per heavy atom. The number of carbonyl (C=O) groups is 1. The number of carbonyl (C=O) groups excluding carboxylic acids is 1. The fourth-order valence-electron chi connectivity index (χ4n) is 4.04. The highest BCUT2D eigenvalue weighted by Crippen LogP contribution is 2.49. The smallest absolute Gasteiger partial charge is 0.224 e. The molecule has 0 unspecified atom stereocenters. The summed E-state index contributed by atoms with van der Waals surface area (Å²) in [7, 11) is 1.66. The lowest BCUT2D eigenvalue weighted by molar-refractivity contribution is -0.124. The summed E-state index contributed by atoms with van der Waals surface area (Å²) in [6, 6.07) is 3.88. The maximum absolute atomic E-state index is 12.7. The Morgan fingerprint density at radius 1 is 1.42 bits per heavy atom. The Bertz CT molecular complexity index is 801. The van der Waals surface area contributed by atoms with Crippen molar-refractivity contribution in [3.8, 4) is 5.75 Å². The predicted octanol–water partition coefficient (Wildman–Crippen LogP) is 1.47. The van der Waals surface area contributed by atoms with Crippen LogP contribution in [-0.4, -0.2) is 35.5 Å².